The van der Waals surface area contributed by atoms with Gasteiger partial charge in [-0.3, -0.25) is 9.59 Å². The van der Waals surface area contributed by atoms with Gasteiger partial charge in [-0.2, -0.15) is 0 Å². The van der Waals surface area contributed by atoms with Crippen LogP contribution in [0.5, 0.6) is 5.75 Å². The summed E-state index contributed by atoms with van der Waals surface area (Å²) in [5.74, 6) is 0.107. The van der Waals surface area contributed by atoms with Crippen molar-refractivity contribution >= 4 is 39.3 Å². The molecule has 0 aliphatic carbocycles. The van der Waals surface area contributed by atoms with Gasteiger partial charge in [-0.15, -0.1) is 0 Å². The van der Waals surface area contributed by atoms with Gasteiger partial charge in [0, 0.05) is 29.0 Å². The molecule has 7 heteroatoms. The number of amides is 2. The average molecular weight is 558 g/mol. The second-order valence-electron chi connectivity index (χ2n) is 8.34. The molecule has 3 rings (SSSR count). The SMILES string of the molecule is CCCNC(=O)[C@H](Cc1ccccc1)N(Cc1ccc(Br)cc1)C(=O)COc1ccc(Cl)c(C)c1. The summed E-state index contributed by atoms with van der Waals surface area (Å²) in [7, 11) is 0. The van der Waals surface area contributed by atoms with Crippen LogP contribution in [0, 0.1) is 6.92 Å². The van der Waals surface area contributed by atoms with Crippen LogP contribution >= 0.6 is 27.5 Å². The zero-order chi connectivity index (χ0) is 25.2. The van der Waals surface area contributed by atoms with E-state index in [-0.39, 0.29) is 25.0 Å². The molecule has 0 bridgehead atoms. The second kappa shape index (κ2) is 13.3. The van der Waals surface area contributed by atoms with Crippen LogP contribution in [-0.4, -0.2) is 35.9 Å². The number of ether oxygens (including phenoxy) is 1. The first-order chi connectivity index (χ1) is 16.9. The quantitative estimate of drug-likeness (QED) is 0.317. The van der Waals surface area contributed by atoms with Gasteiger partial charge in [0.05, 0.1) is 0 Å². The van der Waals surface area contributed by atoms with Crippen LogP contribution in [-0.2, 0) is 22.6 Å². The van der Waals surface area contributed by atoms with E-state index in [4.69, 9.17) is 16.3 Å². The molecule has 0 heterocycles. The smallest absolute Gasteiger partial charge is 0.261 e. The molecule has 3 aromatic rings. The van der Waals surface area contributed by atoms with E-state index in [9.17, 15) is 9.59 Å². The van der Waals surface area contributed by atoms with Gasteiger partial charge in [0.2, 0.25) is 5.91 Å². The van der Waals surface area contributed by atoms with Crippen molar-refractivity contribution < 1.29 is 14.3 Å². The minimum absolute atomic E-state index is 0.177. The molecule has 0 spiro atoms. The van der Waals surface area contributed by atoms with E-state index in [2.05, 4.69) is 21.2 Å². The van der Waals surface area contributed by atoms with Crippen LogP contribution < -0.4 is 10.1 Å². The Morgan fingerprint density at radius 3 is 2.40 bits per heavy atom. The van der Waals surface area contributed by atoms with Gasteiger partial charge in [0.25, 0.3) is 5.91 Å². The Hall–Kier alpha value is -2.83. The number of carbonyl (C=O) groups excluding carboxylic acids is 2. The van der Waals surface area contributed by atoms with Crippen molar-refractivity contribution in [3.8, 4) is 5.75 Å². The van der Waals surface area contributed by atoms with Crippen molar-refractivity contribution in [3.63, 3.8) is 0 Å². The molecular weight excluding hydrogens is 528 g/mol. The fraction of sp³-hybridized carbons (Fsp3) is 0.286. The van der Waals surface area contributed by atoms with Crippen molar-refractivity contribution in [1.29, 1.82) is 0 Å². The highest BCUT2D eigenvalue weighted by molar-refractivity contribution is 9.10. The molecule has 0 aliphatic rings. The number of rotatable bonds is 11. The number of hydrogen-bond acceptors (Lipinski definition) is 3. The van der Waals surface area contributed by atoms with Crippen LogP contribution in [0.1, 0.15) is 30.0 Å². The van der Waals surface area contributed by atoms with Gasteiger partial charge in [-0.25, -0.2) is 0 Å². The number of nitrogens with one attached hydrogen (secondary N) is 1. The molecular formula is C28H30BrClN2O3. The van der Waals surface area contributed by atoms with E-state index in [1.165, 1.54) is 0 Å². The Labute approximate surface area is 220 Å². The maximum absolute atomic E-state index is 13.5. The predicted molar refractivity (Wildman–Crippen MR) is 144 cm³/mol. The lowest BCUT2D eigenvalue weighted by Crippen LogP contribution is -2.51. The Morgan fingerprint density at radius 1 is 1.03 bits per heavy atom. The summed E-state index contributed by atoms with van der Waals surface area (Å²) in [5, 5.41) is 3.61. The normalized spacial score (nSPS) is 11.5. The summed E-state index contributed by atoms with van der Waals surface area (Å²) in [6.45, 7) is 4.52. The molecule has 1 atom stereocenters. The molecule has 0 aliphatic heterocycles. The highest BCUT2D eigenvalue weighted by Gasteiger charge is 2.30. The monoisotopic (exact) mass is 556 g/mol. The lowest BCUT2D eigenvalue weighted by atomic mass is 10.0. The van der Waals surface area contributed by atoms with Crippen molar-refractivity contribution in [3.05, 3.63) is 99.0 Å². The third-order valence-corrected chi connectivity index (χ3v) is 6.53. The fourth-order valence-electron chi connectivity index (χ4n) is 3.64. The van der Waals surface area contributed by atoms with Crippen molar-refractivity contribution in [2.24, 2.45) is 0 Å². The van der Waals surface area contributed by atoms with Crippen molar-refractivity contribution in [2.45, 2.75) is 39.3 Å². The van der Waals surface area contributed by atoms with Gasteiger partial charge in [-0.1, -0.05) is 76.9 Å². The third kappa shape index (κ3) is 8.11. The van der Waals surface area contributed by atoms with Gasteiger partial charge < -0.3 is 15.0 Å². The van der Waals surface area contributed by atoms with Gasteiger partial charge in [0.15, 0.2) is 6.61 Å². The number of carbonyl (C=O) groups is 2. The zero-order valence-electron chi connectivity index (χ0n) is 20.0. The first-order valence-electron chi connectivity index (χ1n) is 11.6. The van der Waals surface area contributed by atoms with Crippen molar-refractivity contribution in [2.75, 3.05) is 13.2 Å². The van der Waals surface area contributed by atoms with Gasteiger partial charge >= 0.3 is 0 Å². The maximum Gasteiger partial charge on any atom is 0.261 e. The molecule has 184 valence electrons. The Morgan fingerprint density at radius 2 is 1.74 bits per heavy atom. The third-order valence-electron chi connectivity index (χ3n) is 5.58. The van der Waals surface area contributed by atoms with Crippen molar-refractivity contribution in [1.82, 2.24) is 10.2 Å². The standard InChI is InChI=1S/C28H30BrClN2O3/c1-3-15-31-28(34)26(17-21-7-5-4-6-8-21)32(18-22-9-11-23(29)12-10-22)27(33)19-35-24-13-14-25(30)20(2)16-24/h4-14,16,26H,3,15,17-19H2,1-2H3,(H,31,34)/t26-/m0/s1. The molecule has 1 N–H and O–H groups in total. The summed E-state index contributed by atoms with van der Waals surface area (Å²) in [6.07, 6.45) is 1.21. The first kappa shape index (κ1) is 26.8. The van der Waals surface area contributed by atoms with E-state index >= 15 is 0 Å². The van der Waals surface area contributed by atoms with Crippen LogP contribution in [0.15, 0.2) is 77.3 Å². The largest absolute Gasteiger partial charge is 0.484 e. The van der Waals surface area contributed by atoms with E-state index < -0.39 is 6.04 Å². The highest BCUT2D eigenvalue weighted by atomic mass is 79.9. The molecule has 0 radical (unpaired) electrons. The summed E-state index contributed by atoms with van der Waals surface area (Å²) in [6, 6.07) is 22.1. The van der Waals surface area contributed by atoms with Crippen LogP contribution in [0.3, 0.4) is 0 Å². The number of aryl methyl sites for hydroxylation is 1. The summed E-state index contributed by atoms with van der Waals surface area (Å²) >= 11 is 9.56. The molecule has 35 heavy (non-hydrogen) atoms. The predicted octanol–water partition coefficient (Wildman–Crippen LogP) is 5.96. The molecule has 0 saturated heterocycles. The molecule has 0 unspecified atom stereocenters. The minimum atomic E-state index is -0.685. The number of halogens is 2. The summed E-state index contributed by atoms with van der Waals surface area (Å²) < 4.78 is 6.76. The zero-order valence-corrected chi connectivity index (χ0v) is 22.3. The lowest BCUT2D eigenvalue weighted by Gasteiger charge is -2.31. The van der Waals surface area contributed by atoms with E-state index in [0.717, 1.165) is 27.6 Å². The van der Waals surface area contributed by atoms with Crippen LogP contribution in [0.2, 0.25) is 5.02 Å². The Bertz CT molecular complexity index is 1120. The number of hydrogen-bond donors (Lipinski definition) is 1. The Balaban J connectivity index is 1.88. The summed E-state index contributed by atoms with van der Waals surface area (Å²) in [4.78, 5) is 28.4. The number of benzene rings is 3. The van der Waals surface area contributed by atoms with E-state index in [0.29, 0.717) is 23.7 Å². The average Bonchev–Trinajstić information content (AvgIpc) is 2.87. The lowest BCUT2D eigenvalue weighted by molar-refractivity contribution is -0.142. The molecule has 5 nitrogen and oxygen atoms in total. The molecule has 0 saturated carbocycles. The van der Waals surface area contributed by atoms with Crippen LogP contribution in [0.25, 0.3) is 0 Å². The first-order valence-corrected chi connectivity index (χ1v) is 12.8. The topological polar surface area (TPSA) is 58.6 Å². The highest BCUT2D eigenvalue weighted by Crippen LogP contribution is 2.22. The molecule has 0 aromatic heterocycles. The van der Waals surface area contributed by atoms with E-state index in [1.807, 2.05) is 68.4 Å². The molecule has 2 amide bonds. The molecule has 3 aromatic carbocycles. The second-order valence-corrected chi connectivity index (χ2v) is 9.67. The van der Waals surface area contributed by atoms with Gasteiger partial charge in [-0.05, 0) is 60.4 Å². The van der Waals surface area contributed by atoms with E-state index in [1.54, 1.807) is 23.1 Å². The van der Waals surface area contributed by atoms with Gasteiger partial charge in [0.1, 0.15) is 11.8 Å². The molecule has 0 fully saturated rings. The Kier molecular flexibility index (Phi) is 10.2. The van der Waals surface area contributed by atoms with Crippen LogP contribution in [0.4, 0.5) is 0 Å². The fourth-order valence-corrected chi connectivity index (χ4v) is 4.02. The number of nitrogens with zero attached hydrogens (tertiary/aromatic N) is 1. The maximum atomic E-state index is 13.5. The summed E-state index contributed by atoms with van der Waals surface area (Å²) in [5.41, 5.74) is 2.77. The minimum Gasteiger partial charge on any atom is -0.484 e.